The number of esters is 1. The van der Waals surface area contributed by atoms with E-state index in [-0.39, 0.29) is 21.0 Å². The van der Waals surface area contributed by atoms with Crippen molar-refractivity contribution in [3.63, 3.8) is 0 Å². The summed E-state index contributed by atoms with van der Waals surface area (Å²) in [6.45, 7) is 3.80. The molecule has 0 aliphatic rings. The predicted molar refractivity (Wildman–Crippen MR) is 106 cm³/mol. The van der Waals surface area contributed by atoms with Crippen LogP contribution in [0.1, 0.15) is 21.5 Å². The van der Waals surface area contributed by atoms with Gasteiger partial charge in [0.25, 0.3) is 5.69 Å². The van der Waals surface area contributed by atoms with Crippen molar-refractivity contribution in [1.82, 2.24) is 0 Å². The number of non-ortho nitro benzene ring substituents is 1. The van der Waals surface area contributed by atoms with E-state index >= 15 is 0 Å². The number of rotatable bonds is 5. The highest BCUT2D eigenvalue weighted by Gasteiger charge is 2.26. The summed E-state index contributed by atoms with van der Waals surface area (Å²) in [6, 6.07) is 15.3. The first kappa shape index (κ1) is 20.2. The summed E-state index contributed by atoms with van der Waals surface area (Å²) < 4.78 is 31.4. The molecule has 8 heteroatoms. The molecule has 0 unspecified atom stereocenters. The summed E-state index contributed by atoms with van der Waals surface area (Å²) in [5.74, 6) is -0.505. The summed E-state index contributed by atoms with van der Waals surface area (Å²) >= 11 is 0. The first-order chi connectivity index (χ1) is 13.7. The van der Waals surface area contributed by atoms with Crippen LogP contribution >= 0.6 is 0 Å². The first-order valence-corrected chi connectivity index (χ1v) is 10.1. The number of hydrogen-bond donors (Lipinski definition) is 0. The molecule has 7 nitrogen and oxygen atoms in total. The topological polar surface area (TPSA) is 104 Å². The van der Waals surface area contributed by atoms with E-state index in [1.165, 1.54) is 24.3 Å². The van der Waals surface area contributed by atoms with E-state index in [2.05, 4.69) is 0 Å². The standard InChI is InChI=1S/C21H17NO6S/c1-14-7-10-17(13-15(14)2)28-21(23)19-5-3-4-6-20(19)29(26,27)18-11-8-16(9-12-18)22(24)25/h3-13H,1-2H3. The number of sulfone groups is 1. The van der Waals surface area contributed by atoms with Crippen molar-refractivity contribution in [3.8, 4) is 5.75 Å². The normalized spacial score (nSPS) is 11.1. The molecular formula is C21H17NO6S. The Labute approximate surface area is 167 Å². The SMILES string of the molecule is Cc1ccc(OC(=O)c2ccccc2S(=O)(=O)c2ccc([N+](=O)[O-])cc2)cc1C. The maximum Gasteiger partial charge on any atom is 0.344 e. The van der Waals surface area contributed by atoms with E-state index in [9.17, 15) is 23.3 Å². The van der Waals surface area contributed by atoms with Crippen molar-refractivity contribution in [2.24, 2.45) is 0 Å². The van der Waals surface area contributed by atoms with Gasteiger partial charge in [-0.25, -0.2) is 13.2 Å². The third kappa shape index (κ3) is 4.17. The molecule has 0 aliphatic heterocycles. The molecule has 0 aliphatic carbocycles. The molecule has 0 aromatic heterocycles. The minimum atomic E-state index is -4.09. The number of nitro benzene ring substituents is 1. The maximum atomic E-state index is 13.0. The molecule has 3 aromatic rings. The van der Waals surface area contributed by atoms with Crippen LogP contribution in [0.2, 0.25) is 0 Å². The average Bonchev–Trinajstić information content (AvgIpc) is 2.70. The fourth-order valence-corrected chi connectivity index (χ4v) is 4.13. The van der Waals surface area contributed by atoms with Crippen LogP contribution in [-0.2, 0) is 9.84 Å². The van der Waals surface area contributed by atoms with E-state index in [1.54, 1.807) is 18.2 Å². The van der Waals surface area contributed by atoms with E-state index < -0.39 is 20.7 Å². The van der Waals surface area contributed by atoms with Gasteiger partial charge in [0.05, 0.1) is 20.3 Å². The van der Waals surface area contributed by atoms with Crippen molar-refractivity contribution in [1.29, 1.82) is 0 Å². The Morgan fingerprint density at radius 3 is 2.21 bits per heavy atom. The molecule has 0 heterocycles. The average molecular weight is 411 g/mol. The van der Waals surface area contributed by atoms with Gasteiger partial charge in [0.15, 0.2) is 0 Å². The van der Waals surface area contributed by atoms with Crippen LogP contribution in [0.25, 0.3) is 0 Å². The second-order valence-corrected chi connectivity index (χ2v) is 8.30. The van der Waals surface area contributed by atoms with Gasteiger partial charge in [-0.05, 0) is 61.4 Å². The van der Waals surface area contributed by atoms with Crippen molar-refractivity contribution in [2.45, 2.75) is 23.6 Å². The molecule has 0 saturated heterocycles. The lowest BCUT2D eigenvalue weighted by Crippen LogP contribution is -2.14. The largest absolute Gasteiger partial charge is 0.423 e. The number of hydrogen-bond acceptors (Lipinski definition) is 6. The monoisotopic (exact) mass is 411 g/mol. The second-order valence-electron chi connectivity index (χ2n) is 6.39. The molecular weight excluding hydrogens is 394 g/mol. The number of ether oxygens (including phenoxy) is 1. The molecule has 0 radical (unpaired) electrons. The highest BCUT2D eigenvalue weighted by atomic mass is 32.2. The molecule has 0 atom stereocenters. The molecule has 0 saturated carbocycles. The Morgan fingerprint density at radius 1 is 0.931 bits per heavy atom. The zero-order valence-electron chi connectivity index (χ0n) is 15.7. The van der Waals surface area contributed by atoms with Crippen LogP contribution in [0, 0.1) is 24.0 Å². The first-order valence-electron chi connectivity index (χ1n) is 8.58. The predicted octanol–water partition coefficient (Wildman–Crippen LogP) is 4.26. The molecule has 0 spiro atoms. The minimum absolute atomic E-state index is 0.121. The lowest BCUT2D eigenvalue weighted by atomic mass is 10.1. The van der Waals surface area contributed by atoms with Crippen molar-refractivity contribution < 1.29 is 22.9 Å². The maximum absolute atomic E-state index is 13.0. The molecule has 0 amide bonds. The van der Waals surface area contributed by atoms with Crippen molar-refractivity contribution in [3.05, 3.63) is 93.5 Å². The van der Waals surface area contributed by atoms with Gasteiger partial charge in [-0.3, -0.25) is 10.1 Å². The van der Waals surface area contributed by atoms with Crippen LogP contribution in [0.3, 0.4) is 0 Å². The number of carbonyl (C=O) groups is 1. The van der Waals surface area contributed by atoms with Gasteiger partial charge in [0.2, 0.25) is 9.84 Å². The van der Waals surface area contributed by atoms with Gasteiger partial charge < -0.3 is 4.74 Å². The minimum Gasteiger partial charge on any atom is -0.423 e. The van der Waals surface area contributed by atoms with Gasteiger partial charge in [-0.2, -0.15) is 0 Å². The molecule has 3 rings (SSSR count). The molecule has 148 valence electrons. The Bertz CT molecular complexity index is 1200. The van der Waals surface area contributed by atoms with E-state index in [4.69, 9.17) is 4.74 Å². The van der Waals surface area contributed by atoms with Gasteiger partial charge in [0, 0.05) is 12.1 Å². The molecule has 0 bridgehead atoms. The zero-order valence-corrected chi connectivity index (χ0v) is 16.5. The van der Waals surface area contributed by atoms with Gasteiger partial charge in [0.1, 0.15) is 5.75 Å². The number of nitro groups is 1. The number of carbonyl (C=O) groups excluding carboxylic acids is 1. The van der Waals surface area contributed by atoms with E-state index in [0.717, 1.165) is 35.4 Å². The summed E-state index contributed by atoms with van der Waals surface area (Å²) in [5.41, 5.74) is 1.61. The van der Waals surface area contributed by atoms with Crippen LogP contribution < -0.4 is 4.74 Å². The summed E-state index contributed by atoms with van der Waals surface area (Å²) in [4.78, 5) is 22.5. The smallest absolute Gasteiger partial charge is 0.344 e. The molecule has 0 N–H and O–H groups in total. The van der Waals surface area contributed by atoms with Gasteiger partial charge in [-0.15, -0.1) is 0 Å². The number of benzene rings is 3. The van der Waals surface area contributed by atoms with Crippen LogP contribution in [0.4, 0.5) is 5.69 Å². The van der Waals surface area contributed by atoms with E-state index in [0.29, 0.717) is 5.75 Å². The fraction of sp³-hybridized carbons (Fsp3) is 0.0952. The third-order valence-corrected chi connectivity index (χ3v) is 6.27. The highest BCUT2D eigenvalue weighted by Crippen LogP contribution is 2.27. The molecule has 3 aromatic carbocycles. The quantitative estimate of drug-likeness (QED) is 0.269. The summed E-state index contributed by atoms with van der Waals surface area (Å²) in [6.07, 6.45) is 0. The second kappa shape index (κ2) is 7.84. The van der Waals surface area contributed by atoms with Crippen LogP contribution in [0.5, 0.6) is 5.75 Å². The van der Waals surface area contributed by atoms with Gasteiger partial charge in [-0.1, -0.05) is 18.2 Å². The number of nitrogens with zero attached hydrogens (tertiary/aromatic N) is 1. The summed E-state index contributed by atoms with van der Waals surface area (Å²) in [7, 11) is -4.09. The lowest BCUT2D eigenvalue weighted by molar-refractivity contribution is -0.384. The van der Waals surface area contributed by atoms with Crippen LogP contribution in [0.15, 0.2) is 76.5 Å². The Morgan fingerprint density at radius 2 is 1.59 bits per heavy atom. The van der Waals surface area contributed by atoms with Crippen LogP contribution in [-0.4, -0.2) is 19.3 Å². The summed E-state index contributed by atoms with van der Waals surface area (Å²) in [5, 5.41) is 10.8. The lowest BCUT2D eigenvalue weighted by Gasteiger charge is -2.11. The number of aryl methyl sites for hydroxylation is 2. The zero-order chi connectivity index (χ0) is 21.2. The third-order valence-electron chi connectivity index (χ3n) is 4.44. The fourth-order valence-electron chi connectivity index (χ4n) is 2.68. The van der Waals surface area contributed by atoms with Crippen molar-refractivity contribution in [2.75, 3.05) is 0 Å². The van der Waals surface area contributed by atoms with Crippen molar-refractivity contribution >= 4 is 21.5 Å². The van der Waals surface area contributed by atoms with Gasteiger partial charge >= 0.3 is 5.97 Å². The molecule has 29 heavy (non-hydrogen) atoms. The highest BCUT2D eigenvalue weighted by molar-refractivity contribution is 7.91. The van der Waals surface area contributed by atoms with E-state index in [1.807, 2.05) is 13.8 Å². The Kier molecular flexibility index (Phi) is 5.47. The Balaban J connectivity index is 1.98. The Hall–Kier alpha value is -3.52. The molecule has 0 fully saturated rings.